The quantitative estimate of drug-likeness (QED) is 0.272. The van der Waals surface area contributed by atoms with Crippen LogP contribution in [0.4, 0.5) is 0 Å². The number of nitrogens with zero attached hydrogens (tertiary/aromatic N) is 2. The maximum absolute atomic E-state index is 11.8. The fourth-order valence-corrected chi connectivity index (χ4v) is 4.53. The lowest BCUT2D eigenvalue weighted by atomic mass is 10.0. The van der Waals surface area contributed by atoms with Crippen LogP contribution in [-0.2, 0) is 6.54 Å². The molecule has 0 amide bonds. The molecule has 35 heavy (non-hydrogen) atoms. The molecule has 0 unspecified atom stereocenters. The zero-order chi connectivity index (χ0) is 24.9. The maximum atomic E-state index is 11.8. The van der Waals surface area contributed by atoms with Crippen LogP contribution in [0.5, 0.6) is 0 Å². The fourth-order valence-electron chi connectivity index (χ4n) is 4.53. The van der Waals surface area contributed by atoms with Crippen molar-refractivity contribution < 1.29 is 9.90 Å². The van der Waals surface area contributed by atoms with Crippen molar-refractivity contribution in [3.8, 4) is 22.5 Å². The highest BCUT2D eigenvalue weighted by Crippen LogP contribution is 2.26. The molecule has 182 valence electrons. The summed E-state index contributed by atoms with van der Waals surface area (Å²) < 4.78 is 0. The van der Waals surface area contributed by atoms with E-state index in [1.807, 2.05) is 0 Å². The van der Waals surface area contributed by atoms with E-state index in [9.17, 15) is 4.79 Å². The van der Waals surface area contributed by atoms with E-state index >= 15 is 0 Å². The Kier molecular flexibility index (Phi) is 7.79. The van der Waals surface area contributed by atoms with Crippen molar-refractivity contribution >= 4 is 16.8 Å². The van der Waals surface area contributed by atoms with Crippen LogP contribution in [-0.4, -0.2) is 45.5 Å². The molecule has 5 nitrogen and oxygen atoms in total. The molecule has 0 saturated heterocycles. The highest BCUT2D eigenvalue weighted by Gasteiger charge is 2.12. The van der Waals surface area contributed by atoms with Gasteiger partial charge in [-0.1, -0.05) is 76.2 Å². The van der Waals surface area contributed by atoms with Gasteiger partial charge in [-0.05, 0) is 46.7 Å². The molecule has 0 fully saturated rings. The normalized spacial score (nSPS) is 11.8. The number of carbonyl (C=O) groups excluding carboxylic acids is 1. The molecule has 0 aliphatic rings. The lowest BCUT2D eigenvalue weighted by Crippen LogP contribution is -2.30. The summed E-state index contributed by atoms with van der Waals surface area (Å²) in [7, 11) is 0. The summed E-state index contributed by atoms with van der Waals surface area (Å²) in [5.41, 5.74) is 6.72. The number of fused-ring (bicyclic) bond motifs is 1. The summed E-state index contributed by atoms with van der Waals surface area (Å²) in [6.45, 7) is 11.8. The van der Waals surface area contributed by atoms with Crippen molar-refractivity contribution in [3.63, 3.8) is 0 Å². The zero-order valence-corrected chi connectivity index (χ0v) is 21.1. The van der Waals surface area contributed by atoms with E-state index in [1.54, 1.807) is 18.2 Å². The van der Waals surface area contributed by atoms with Gasteiger partial charge in [-0.15, -0.1) is 0 Å². The molecule has 0 saturated carbocycles. The topological polar surface area (TPSA) is 69.2 Å². The Hall–Kier alpha value is -3.28. The number of hydrogen-bond donors (Lipinski definition) is 2. The zero-order valence-electron chi connectivity index (χ0n) is 21.1. The van der Waals surface area contributed by atoms with Gasteiger partial charge in [0.2, 0.25) is 0 Å². The highest BCUT2D eigenvalue weighted by molar-refractivity contribution is 5.99. The van der Waals surface area contributed by atoms with Crippen LogP contribution in [0.25, 0.3) is 33.5 Å². The number of H-pyrrole nitrogens is 1. The largest absolute Gasteiger partial charge is 0.388 e. The Balaban J connectivity index is 1.48. The van der Waals surface area contributed by atoms with Crippen LogP contribution in [0.15, 0.2) is 66.7 Å². The first-order valence-electron chi connectivity index (χ1n) is 12.4. The van der Waals surface area contributed by atoms with Crippen molar-refractivity contribution in [3.05, 3.63) is 77.9 Å². The number of aliphatic hydroxyl groups excluding tert-OH is 1. The Labute approximate surface area is 207 Å². The van der Waals surface area contributed by atoms with Gasteiger partial charge in [-0.25, -0.2) is 4.98 Å². The molecule has 4 aromatic rings. The van der Waals surface area contributed by atoms with Crippen LogP contribution >= 0.6 is 0 Å². The van der Waals surface area contributed by atoms with Crippen LogP contribution in [0.3, 0.4) is 0 Å². The van der Waals surface area contributed by atoms with Gasteiger partial charge in [-0.2, -0.15) is 0 Å². The van der Waals surface area contributed by atoms with Crippen molar-refractivity contribution in [2.75, 3.05) is 19.7 Å². The molecule has 5 heteroatoms. The number of nitrogens with one attached hydrogen (secondary N) is 1. The third-order valence-electron chi connectivity index (χ3n) is 6.05. The van der Waals surface area contributed by atoms with Crippen LogP contribution in [0.1, 0.15) is 43.6 Å². The van der Waals surface area contributed by atoms with Gasteiger partial charge in [0.25, 0.3) is 0 Å². The molecular weight excluding hydrogens is 434 g/mol. The number of Topliss-reactive ketones (excluding diaryl/α,β-unsaturated/α-hetero) is 1. The first-order chi connectivity index (χ1) is 16.8. The molecule has 1 heterocycles. The number of hydrogen-bond acceptors (Lipinski definition) is 4. The van der Waals surface area contributed by atoms with Gasteiger partial charge in [0.1, 0.15) is 12.4 Å². The van der Waals surface area contributed by atoms with Gasteiger partial charge in [0.05, 0.1) is 11.0 Å². The first kappa shape index (κ1) is 24.8. The standard InChI is InChI=1S/C30H35N3O2/c1-20(2)16-33(17-21(3)4)18-22-5-7-23(8-6-22)24-9-11-25(12-10-24)30-31-27-14-13-26(29(35)19-34)15-28(27)32-30/h5-15,20-21,34H,16-19H2,1-4H3,(H,31,32). The number of imidazole rings is 1. The van der Waals surface area contributed by atoms with Gasteiger partial charge in [-0.3, -0.25) is 9.69 Å². The average Bonchev–Trinajstić information content (AvgIpc) is 3.27. The van der Waals surface area contributed by atoms with Crippen molar-refractivity contribution in [1.29, 1.82) is 0 Å². The van der Waals surface area contributed by atoms with Gasteiger partial charge in [0, 0.05) is 30.8 Å². The number of rotatable bonds is 10. The SMILES string of the molecule is CC(C)CN(Cc1ccc(-c2ccc(-c3nc4ccc(C(=O)CO)cc4[nH]3)cc2)cc1)CC(C)C. The highest BCUT2D eigenvalue weighted by atomic mass is 16.3. The summed E-state index contributed by atoms with van der Waals surface area (Å²) in [4.78, 5) is 22.3. The Morgan fingerprint density at radius 2 is 1.43 bits per heavy atom. The molecule has 4 rings (SSSR count). The second-order valence-corrected chi connectivity index (χ2v) is 10.2. The molecule has 0 spiro atoms. The summed E-state index contributed by atoms with van der Waals surface area (Å²) in [6, 6.07) is 22.5. The summed E-state index contributed by atoms with van der Waals surface area (Å²) in [5.74, 6) is 1.77. The molecule has 3 aromatic carbocycles. The number of benzene rings is 3. The molecule has 0 atom stereocenters. The van der Waals surface area contributed by atoms with Crippen molar-refractivity contribution in [1.82, 2.24) is 14.9 Å². The number of carbonyl (C=O) groups is 1. The molecule has 0 bridgehead atoms. The summed E-state index contributed by atoms with van der Waals surface area (Å²) >= 11 is 0. The number of aromatic nitrogens is 2. The molecule has 0 aliphatic carbocycles. The number of aliphatic hydroxyl groups is 1. The monoisotopic (exact) mass is 469 g/mol. The minimum absolute atomic E-state index is 0.300. The smallest absolute Gasteiger partial charge is 0.188 e. The summed E-state index contributed by atoms with van der Waals surface area (Å²) in [6.07, 6.45) is 0. The van der Waals surface area contributed by atoms with Crippen LogP contribution in [0.2, 0.25) is 0 Å². The second-order valence-electron chi connectivity index (χ2n) is 10.2. The van der Waals surface area contributed by atoms with E-state index in [4.69, 9.17) is 5.11 Å². The molecule has 1 aromatic heterocycles. The van der Waals surface area contributed by atoms with Gasteiger partial charge < -0.3 is 10.1 Å². The van der Waals surface area contributed by atoms with E-state index in [1.165, 1.54) is 11.1 Å². The Bertz CT molecular complexity index is 1260. The lowest BCUT2D eigenvalue weighted by molar-refractivity contribution is 0.0904. The minimum Gasteiger partial charge on any atom is -0.388 e. The lowest BCUT2D eigenvalue weighted by Gasteiger charge is -2.26. The predicted octanol–water partition coefficient (Wildman–Crippen LogP) is 6.19. The van der Waals surface area contributed by atoms with E-state index in [0.29, 0.717) is 17.4 Å². The number of aromatic amines is 1. The van der Waals surface area contributed by atoms with E-state index in [-0.39, 0.29) is 5.78 Å². The molecular formula is C30H35N3O2. The summed E-state index contributed by atoms with van der Waals surface area (Å²) in [5, 5.41) is 9.10. The maximum Gasteiger partial charge on any atom is 0.188 e. The van der Waals surface area contributed by atoms with Crippen LogP contribution in [0, 0.1) is 11.8 Å². The molecule has 0 aliphatic heterocycles. The van der Waals surface area contributed by atoms with Crippen molar-refractivity contribution in [2.24, 2.45) is 11.8 Å². The van der Waals surface area contributed by atoms with Gasteiger partial charge in [0.15, 0.2) is 5.78 Å². The first-order valence-corrected chi connectivity index (χ1v) is 12.4. The van der Waals surface area contributed by atoms with E-state index < -0.39 is 6.61 Å². The third kappa shape index (κ3) is 6.24. The molecule has 2 N–H and O–H groups in total. The molecule has 0 radical (unpaired) electrons. The van der Waals surface area contributed by atoms with Gasteiger partial charge >= 0.3 is 0 Å². The van der Waals surface area contributed by atoms with E-state index in [0.717, 1.165) is 47.6 Å². The second kappa shape index (κ2) is 11.0. The minimum atomic E-state index is -0.497. The predicted molar refractivity (Wildman–Crippen MR) is 143 cm³/mol. The fraction of sp³-hybridized carbons (Fsp3) is 0.333. The van der Waals surface area contributed by atoms with E-state index in [2.05, 4.69) is 91.1 Å². The average molecular weight is 470 g/mol. The third-order valence-corrected chi connectivity index (χ3v) is 6.05. The Morgan fingerprint density at radius 1 is 0.857 bits per heavy atom. The van der Waals surface area contributed by atoms with Crippen molar-refractivity contribution in [2.45, 2.75) is 34.2 Å². The van der Waals surface area contributed by atoms with Crippen LogP contribution < -0.4 is 0 Å². The Morgan fingerprint density at radius 3 is 2.00 bits per heavy atom. The number of ketones is 1.